The third kappa shape index (κ3) is 2.53. The minimum atomic E-state index is -0.281. The van der Waals surface area contributed by atoms with Crippen molar-refractivity contribution in [1.29, 1.82) is 0 Å². The van der Waals surface area contributed by atoms with Gasteiger partial charge in [0.2, 0.25) is 0 Å². The number of nitrogens with two attached hydrogens (primary N) is 1. The maximum absolute atomic E-state index is 13.6. The molecule has 0 bridgehead atoms. The Morgan fingerprint density at radius 2 is 2.44 bits per heavy atom. The van der Waals surface area contributed by atoms with Crippen LogP contribution in [0, 0.1) is 5.82 Å². The van der Waals surface area contributed by atoms with E-state index in [9.17, 15) is 4.39 Å². The highest BCUT2D eigenvalue weighted by Gasteiger charge is 2.26. The molecule has 5 heteroatoms. The molecule has 1 aromatic rings. The molecule has 1 aliphatic rings. The Kier molecular flexibility index (Phi) is 4.15. The van der Waals surface area contributed by atoms with Gasteiger partial charge >= 0.3 is 0 Å². The second-order valence-electron chi connectivity index (χ2n) is 3.95. The van der Waals surface area contributed by atoms with Crippen molar-refractivity contribution in [2.75, 3.05) is 5.75 Å². The van der Waals surface area contributed by atoms with Crippen LogP contribution >= 0.6 is 11.8 Å². The zero-order valence-corrected chi connectivity index (χ0v) is 9.84. The van der Waals surface area contributed by atoms with E-state index < -0.39 is 0 Å². The van der Waals surface area contributed by atoms with Crippen molar-refractivity contribution in [2.45, 2.75) is 30.6 Å². The Bertz CT molecular complexity index is 342. The zero-order chi connectivity index (χ0) is 11.4. The van der Waals surface area contributed by atoms with Crippen molar-refractivity contribution < 1.29 is 4.39 Å². The SMILES string of the molecule is NNC(c1ccncc1F)C1CCCCS1. The summed E-state index contributed by atoms with van der Waals surface area (Å²) in [5.41, 5.74) is 3.36. The maximum atomic E-state index is 13.6. The molecule has 2 heterocycles. The molecule has 2 unspecified atom stereocenters. The second kappa shape index (κ2) is 5.61. The first-order valence-electron chi connectivity index (χ1n) is 5.50. The Labute approximate surface area is 99.0 Å². The van der Waals surface area contributed by atoms with E-state index in [2.05, 4.69) is 10.4 Å². The lowest BCUT2D eigenvalue weighted by Crippen LogP contribution is -2.36. The van der Waals surface area contributed by atoms with Crippen molar-refractivity contribution in [3.8, 4) is 0 Å². The van der Waals surface area contributed by atoms with Crippen molar-refractivity contribution in [2.24, 2.45) is 5.84 Å². The molecule has 1 aliphatic heterocycles. The molecular formula is C11H16FN3S. The molecular weight excluding hydrogens is 225 g/mol. The Morgan fingerprint density at radius 3 is 3.06 bits per heavy atom. The lowest BCUT2D eigenvalue weighted by atomic mass is 10.0. The first-order chi connectivity index (χ1) is 7.83. The van der Waals surface area contributed by atoms with Gasteiger partial charge in [-0.05, 0) is 24.7 Å². The van der Waals surface area contributed by atoms with Gasteiger partial charge in [0.05, 0.1) is 12.2 Å². The number of hydrazine groups is 1. The Morgan fingerprint density at radius 1 is 1.56 bits per heavy atom. The minimum absolute atomic E-state index is 0.117. The highest BCUT2D eigenvalue weighted by molar-refractivity contribution is 8.00. The summed E-state index contributed by atoms with van der Waals surface area (Å²) in [4.78, 5) is 3.76. The molecule has 2 rings (SSSR count). The third-order valence-corrected chi connectivity index (χ3v) is 4.37. The predicted molar refractivity (Wildman–Crippen MR) is 64.4 cm³/mol. The van der Waals surface area contributed by atoms with E-state index in [1.54, 1.807) is 12.3 Å². The van der Waals surface area contributed by atoms with Crippen molar-refractivity contribution in [3.63, 3.8) is 0 Å². The summed E-state index contributed by atoms with van der Waals surface area (Å²) in [6.45, 7) is 0. The van der Waals surface area contributed by atoms with Gasteiger partial charge in [0.15, 0.2) is 0 Å². The summed E-state index contributed by atoms with van der Waals surface area (Å²) in [6.07, 6.45) is 6.38. The predicted octanol–water partition coefficient (Wildman–Crippen LogP) is 2.01. The van der Waals surface area contributed by atoms with Gasteiger partial charge in [0.25, 0.3) is 0 Å². The number of halogens is 1. The van der Waals surface area contributed by atoms with E-state index in [-0.39, 0.29) is 11.9 Å². The minimum Gasteiger partial charge on any atom is -0.271 e. The van der Waals surface area contributed by atoms with Crippen LogP contribution in [0.25, 0.3) is 0 Å². The lowest BCUT2D eigenvalue weighted by Gasteiger charge is -2.29. The van der Waals surface area contributed by atoms with Crippen LogP contribution < -0.4 is 11.3 Å². The molecule has 0 aromatic carbocycles. The highest BCUT2D eigenvalue weighted by atomic mass is 32.2. The van der Waals surface area contributed by atoms with Crippen LogP contribution in [0.5, 0.6) is 0 Å². The van der Waals surface area contributed by atoms with Crippen molar-refractivity contribution in [3.05, 3.63) is 29.8 Å². The van der Waals surface area contributed by atoms with Gasteiger partial charge < -0.3 is 0 Å². The number of hydrogen-bond acceptors (Lipinski definition) is 4. The van der Waals surface area contributed by atoms with Crippen LogP contribution in [0.4, 0.5) is 4.39 Å². The topological polar surface area (TPSA) is 50.9 Å². The molecule has 1 saturated heterocycles. The monoisotopic (exact) mass is 241 g/mol. The van der Waals surface area contributed by atoms with Gasteiger partial charge in [-0.1, -0.05) is 6.42 Å². The van der Waals surface area contributed by atoms with E-state index in [1.165, 1.54) is 19.0 Å². The Hall–Kier alpha value is -0.650. The summed E-state index contributed by atoms with van der Waals surface area (Å²) in [7, 11) is 0. The smallest absolute Gasteiger partial charge is 0.146 e. The van der Waals surface area contributed by atoms with E-state index in [0.717, 1.165) is 12.2 Å². The molecule has 0 saturated carbocycles. The summed E-state index contributed by atoms with van der Waals surface area (Å²) >= 11 is 1.87. The van der Waals surface area contributed by atoms with Crippen molar-refractivity contribution in [1.82, 2.24) is 10.4 Å². The standard InChI is InChI=1S/C11H16FN3S/c12-9-7-14-5-4-8(9)11(15-13)10-3-1-2-6-16-10/h4-5,7,10-11,15H,1-3,6,13H2. The van der Waals surface area contributed by atoms with Crippen LogP contribution in [0.3, 0.4) is 0 Å². The molecule has 0 amide bonds. The first-order valence-corrected chi connectivity index (χ1v) is 6.55. The van der Waals surface area contributed by atoms with Gasteiger partial charge in [0, 0.05) is 17.0 Å². The molecule has 3 nitrogen and oxygen atoms in total. The average Bonchev–Trinajstić information content (AvgIpc) is 2.34. The Balaban J connectivity index is 2.18. The summed E-state index contributed by atoms with van der Waals surface area (Å²) in [5.74, 6) is 6.41. The molecule has 88 valence electrons. The largest absolute Gasteiger partial charge is 0.271 e. The van der Waals surface area contributed by atoms with Gasteiger partial charge in [-0.15, -0.1) is 0 Å². The highest BCUT2D eigenvalue weighted by Crippen LogP contribution is 2.34. The molecule has 2 atom stereocenters. The third-order valence-electron chi connectivity index (χ3n) is 2.91. The van der Waals surface area contributed by atoms with E-state index in [1.807, 2.05) is 11.8 Å². The number of hydrogen-bond donors (Lipinski definition) is 2. The van der Waals surface area contributed by atoms with Gasteiger partial charge in [-0.3, -0.25) is 16.3 Å². The maximum Gasteiger partial charge on any atom is 0.146 e. The second-order valence-corrected chi connectivity index (χ2v) is 5.29. The molecule has 0 aliphatic carbocycles. The fourth-order valence-corrected chi connectivity index (χ4v) is 3.49. The van der Waals surface area contributed by atoms with Gasteiger partial charge in [0.1, 0.15) is 5.82 Å². The normalized spacial score (nSPS) is 23.0. The molecule has 1 fully saturated rings. The quantitative estimate of drug-likeness (QED) is 0.628. The number of thioether (sulfide) groups is 1. The number of nitrogens with zero attached hydrogens (tertiary/aromatic N) is 1. The fourth-order valence-electron chi connectivity index (χ4n) is 2.06. The van der Waals surface area contributed by atoms with Crippen LogP contribution in [0.2, 0.25) is 0 Å². The summed E-state index contributed by atoms with van der Waals surface area (Å²) in [6, 6.07) is 1.59. The van der Waals surface area contributed by atoms with E-state index in [0.29, 0.717) is 10.8 Å². The number of pyridine rings is 1. The fraction of sp³-hybridized carbons (Fsp3) is 0.545. The zero-order valence-electron chi connectivity index (χ0n) is 9.03. The molecule has 0 radical (unpaired) electrons. The molecule has 0 spiro atoms. The van der Waals surface area contributed by atoms with Crippen LogP contribution in [0.1, 0.15) is 30.9 Å². The van der Waals surface area contributed by atoms with Gasteiger partial charge in [-0.2, -0.15) is 11.8 Å². The summed E-state index contributed by atoms with van der Waals surface area (Å²) in [5, 5.41) is 0.357. The van der Waals surface area contributed by atoms with Crippen LogP contribution in [0.15, 0.2) is 18.5 Å². The lowest BCUT2D eigenvalue weighted by molar-refractivity contribution is 0.467. The van der Waals surface area contributed by atoms with E-state index in [4.69, 9.17) is 5.84 Å². The van der Waals surface area contributed by atoms with E-state index >= 15 is 0 Å². The van der Waals surface area contributed by atoms with Crippen molar-refractivity contribution >= 4 is 11.8 Å². The number of rotatable bonds is 3. The first kappa shape index (κ1) is 11.8. The number of nitrogens with one attached hydrogen (secondary N) is 1. The van der Waals surface area contributed by atoms with Crippen LogP contribution in [-0.2, 0) is 0 Å². The average molecular weight is 241 g/mol. The molecule has 16 heavy (non-hydrogen) atoms. The summed E-state index contributed by atoms with van der Waals surface area (Å²) < 4.78 is 13.6. The molecule has 3 N–H and O–H groups in total. The van der Waals surface area contributed by atoms with Gasteiger partial charge in [-0.25, -0.2) is 4.39 Å². The molecule has 1 aromatic heterocycles. The van der Waals surface area contributed by atoms with Crippen LogP contribution in [-0.4, -0.2) is 16.0 Å². The number of aromatic nitrogens is 1.